The molecular formula is C8H16O4. The lowest BCUT2D eigenvalue weighted by molar-refractivity contribution is -0.251. The molecule has 1 N–H and O–H groups in total. The van der Waals surface area contributed by atoms with E-state index in [0.717, 1.165) is 0 Å². The molecule has 0 fully saturated rings. The van der Waals surface area contributed by atoms with E-state index in [1.165, 1.54) is 0 Å². The molecule has 0 aliphatic carbocycles. The molecule has 0 aromatic rings. The number of hydrogen-bond donors (Lipinski definition) is 1. The summed E-state index contributed by atoms with van der Waals surface area (Å²) in [5, 5.41) is 8.08. The van der Waals surface area contributed by atoms with Crippen molar-refractivity contribution in [2.75, 3.05) is 6.61 Å². The van der Waals surface area contributed by atoms with Gasteiger partial charge < -0.3 is 4.74 Å². The molecule has 0 heterocycles. The van der Waals surface area contributed by atoms with E-state index < -0.39 is 11.5 Å². The Bertz CT molecular complexity index is 148. The van der Waals surface area contributed by atoms with Crippen LogP contribution in [0.1, 0.15) is 27.7 Å². The third-order valence-corrected chi connectivity index (χ3v) is 1.13. The van der Waals surface area contributed by atoms with Crippen LogP contribution in [0.4, 0.5) is 0 Å². The molecule has 1 atom stereocenters. The van der Waals surface area contributed by atoms with Crippen molar-refractivity contribution in [2.45, 2.75) is 33.3 Å². The molecule has 0 amide bonds. The van der Waals surface area contributed by atoms with Crippen LogP contribution < -0.4 is 0 Å². The average Bonchev–Trinajstić information content (AvgIpc) is 1.84. The smallest absolute Gasteiger partial charge is 0.311 e. The summed E-state index contributed by atoms with van der Waals surface area (Å²) in [4.78, 5) is 15.0. The number of carbonyl (C=O) groups is 1. The largest absolute Gasteiger partial charge is 0.460 e. The highest BCUT2D eigenvalue weighted by atomic mass is 17.1. The highest BCUT2D eigenvalue weighted by Gasteiger charge is 2.21. The number of esters is 1. The Hall–Kier alpha value is -0.610. The maximum absolute atomic E-state index is 11.1. The van der Waals surface area contributed by atoms with Crippen molar-refractivity contribution in [3.63, 3.8) is 0 Å². The first-order valence-electron chi connectivity index (χ1n) is 3.86. The molecule has 0 bridgehead atoms. The van der Waals surface area contributed by atoms with Gasteiger partial charge in [-0.25, -0.2) is 4.89 Å². The lowest BCUT2D eigenvalue weighted by atomic mass is 10.1. The summed E-state index contributed by atoms with van der Waals surface area (Å²) < 4.78 is 5.02. The van der Waals surface area contributed by atoms with Crippen LogP contribution in [-0.4, -0.2) is 23.4 Å². The third kappa shape index (κ3) is 5.09. The fraction of sp³-hybridized carbons (Fsp3) is 0.875. The van der Waals surface area contributed by atoms with E-state index in [-0.39, 0.29) is 12.6 Å². The Morgan fingerprint density at radius 2 is 2.00 bits per heavy atom. The lowest BCUT2D eigenvalue weighted by Crippen LogP contribution is -2.29. The molecule has 4 heteroatoms. The van der Waals surface area contributed by atoms with Gasteiger partial charge in [-0.3, -0.25) is 10.1 Å². The second kappa shape index (κ2) is 4.42. The molecule has 0 rings (SSSR count). The zero-order valence-corrected chi connectivity index (χ0v) is 7.96. The highest BCUT2D eigenvalue weighted by molar-refractivity contribution is 5.72. The van der Waals surface area contributed by atoms with Gasteiger partial charge in [-0.05, 0) is 27.7 Å². The minimum atomic E-state index is -0.485. The first-order chi connectivity index (χ1) is 5.37. The Morgan fingerprint density at radius 3 is 2.33 bits per heavy atom. The molecule has 0 radical (unpaired) electrons. The van der Waals surface area contributed by atoms with Crippen LogP contribution in [-0.2, 0) is 14.4 Å². The number of carbonyl (C=O) groups excluding carboxylic acids is 1. The standard InChI is InChI=1S/C8H16O4/c1-6(5-11-10)7(9)12-8(2,3)4/h6,10H,5H2,1-4H3. The van der Waals surface area contributed by atoms with Gasteiger partial charge in [-0.2, -0.15) is 0 Å². The van der Waals surface area contributed by atoms with Crippen molar-refractivity contribution in [3.8, 4) is 0 Å². The monoisotopic (exact) mass is 176 g/mol. The van der Waals surface area contributed by atoms with Crippen molar-refractivity contribution in [1.82, 2.24) is 0 Å². The SMILES string of the molecule is CC(COO)C(=O)OC(C)(C)C. The second-order valence-corrected chi connectivity index (χ2v) is 3.73. The van der Waals surface area contributed by atoms with Crippen LogP contribution in [0.3, 0.4) is 0 Å². The van der Waals surface area contributed by atoms with Crippen LogP contribution in [0, 0.1) is 5.92 Å². The minimum Gasteiger partial charge on any atom is -0.460 e. The van der Waals surface area contributed by atoms with E-state index in [1.54, 1.807) is 27.7 Å². The Labute approximate surface area is 72.4 Å². The van der Waals surface area contributed by atoms with Gasteiger partial charge >= 0.3 is 5.97 Å². The van der Waals surface area contributed by atoms with E-state index in [4.69, 9.17) is 9.99 Å². The van der Waals surface area contributed by atoms with Crippen LogP contribution >= 0.6 is 0 Å². The Kier molecular flexibility index (Phi) is 4.20. The summed E-state index contributed by atoms with van der Waals surface area (Å²) in [6.45, 7) is 6.96. The number of rotatable bonds is 3. The van der Waals surface area contributed by atoms with Crippen LogP contribution in [0.15, 0.2) is 0 Å². The van der Waals surface area contributed by atoms with Crippen LogP contribution in [0.25, 0.3) is 0 Å². The molecule has 4 nitrogen and oxygen atoms in total. The molecule has 1 unspecified atom stereocenters. The molecule has 0 saturated heterocycles. The molecular weight excluding hydrogens is 160 g/mol. The molecule has 72 valence electrons. The van der Waals surface area contributed by atoms with Gasteiger partial charge in [0.05, 0.1) is 12.5 Å². The summed E-state index contributed by atoms with van der Waals surface area (Å²) in [6.07, 6.45) is 0. The van der Waals surface area contributed by atoms with Gasteiger partial charge in [0.15, 0.2) is 0 Å². The van der Waals surface area contributed by atoms with Crippen molar-refractivity contribution in [2.24, 2.45) is 5.92 Å². The topological polar surface area (TPSA) is 55.8 Å². The van der Waals surface area contributed by atoms with Gasteiger partial charge in [0, 0.05) is 0 Å². The van der Waals surface area contributed by atoms with E-state index >= 15 is 0 Å². The normalized spacial score (nSPS) is 14.1. The molecule has 0 aliphatic heterocycles. The van der Waals surface area contributed by atoms with E-state index in [9.17, 15) is 4.79 Å². The fourth-order valence-electron chi connectivity index (χ4n) is 0.582. The number of hydrogen-bond acceptors (Lipinski definition) is 4. The van der Waals surface area contributed by atoms with E-state index in [2.05, 4.69) is 4.89 Å². The van der Waals surface area contributed by atoms with Crippen molar-refractivity contribution < 1.29 is 19.7 Å². The maximum atomic E-state index is 11.1. The average molecular weight is 176 g/mol. The molecule has 0 aromatic carbocycles. The maximum Gasteiger partial charge on any atom is 0.311 e. The first-order valence-corrected chi connectivity index (χ1v) is 3.86. The molecule has 0 saturated carbocycles. The van der Waals surface area contributed by atoms with Crippen LogP contribution in [0.2, 0.25) is 0 Å². The van der Waals surface area contributed by atoms with Crippen molar-refractivity contribution in [3.05, 3.63) is 0 Å². The third-order valence-electron chi connectivity index (χ3n) is 1.13. The van der Waals surface area contributed by atoms with E-state index in [1.807, 2.05) is 0 Å². The predicted octanol–water partition coefficient (Wildman–Crippen LogP) is 1.45. The van der Waals surface area contributed by atoms with Gasteiger partial charge in [0.2, 0.25) is 0 Å². The van der Waals surface area contributed by atoms with Gasteiger partial charge in [-0.1, -0.05) is 0 Å². The summed E-state index contributed by atoms with van der Waals surface area (Å²) >= 11 is 0. The summed E-state index contributed by atoms with van der Waals surface area (Å²) in [5.74, 6) is -0.800. The lowest BCUT2D eigenvalue weighted by Gasteiger charge is -2.21. The summed E-state index contributed by atoms with van der Waals surface area (Å²) in [6, 6.07) is 0. The zero-order chi connectivity index (χ0) is 9.78. The second-order valence-electron chi connectivity index (χ2n) is 3.73. The fourth-order valence-corrected chi connectivity index (χ4v) is 0.582. The van der Waals surface area contributed by atoms with Crippen molar-refractivity contribution in [1.29, 1.82) is 0 Å². The van der Waals surface area contributed by atoms with E-state index in [0.29, 0.717) is 0 Å². The van der Waals surface area contributed by atoms with Crippen molar-refractivity contribution >= 4 is 5.97 Å². The highest BCUT2D eigenvalue weighted by Crippen LogP contribution is 2.10. The van der Waals surface area contributed by atoms with Gasteiger partial charge in [-0.15, -0.1) is 0 Å². The quantitative estimate of drug-likeness (QED) is 0.401. The van der Waals surface area contributed by atoms with Gasteiger partial charge in [0.1, 0.15) is 5.60 Å². The van der Waals surface area contributed by atoms with Gasteiger partial charge in [0.25, 0.3) is 0 Å². The zero-order valence-electron chi connectivity index (χ0n) is 7.96. The Balaban J connectivity index is 3.87. The first kappa shape index (κ1) is 11.4. The summed E-state index contributed by atoms with van der Waals surface area (Å²) in [7, 11) is 0. The minimum absolute atomic E-state index is 0.0328. The van der Waals surface area contributed by atoms with Crippen LogP contribution in [0.5, 0.6) is 0 Å². The molecule has 0 aromatic heterocycles. The summed E-state index contributed by atoms with van der Waals surface area (Å²) in [5.41, 5.74) is -0.485. The number of ether oxygens (including phenoxy) is 1. The Morgan fingerprint density at radius 1 is 1.50 bits per heavy atom. The predicted molar refractivity (Wildman–Crippen MR) is 43.6 cm³/mol. The molecule has 0 aliphatic rings. The molecule has 0 spiro atoms. The molecule has 12 heavy (non-hydrogen) atoms.